The highest BCUT2D eigenvalue weighted by Gasteiger charge is 2.12. The maximum absolute atomic E-state index is 11.6. The number of hydrogen-bond donors (Lipinski definition) is 2. The van der Waals surface area contributed by atoms with Crippen molar-refractivity contribution in [3.05, 3.63) is 29.3 Å². The van der Waals surface area contributed by atoms with E-state index in [2.05, 4.69) is 5.43 Å². The fraction of sp³-hybridized carbons (Fsp3) is 0.364. The number of hydrazine groups is 1. The summed E-state index contributed by atoms with van der Waals surface area (Å²) in [7, 11) is 0. The normalized spacial score (nSPS) is 9.80. The number of anilines is 1. The predicted octanol–water partition coefficient (Wildman–Crippen LogP) is 1.71. The number of ether oxygens (including phenoxy) is 1. The van der Waals surface area contributed by atoms with E-state index in [4.69, 9.17) is 10.6 Å². The maximum atomic E-state index is 11.6. The number of carbonyl (C=O) groups excluding carboxylic acids is 1. The average molecular weight is 208 g/mol. The Bertz CT molecular complexity index is 350. The topological polar surface area (TPSA) is 64.3 Å². The number of hydrogen-bond acceptors (Lipinski definition) is 4. The molecule has 0 unspecified atom stereocenters. The molecule has 0 spiro atoms. The molecule has 82 valence electrons. The molecule has 0 bridgehead atoms. The van der Waals surface area contributed by atoms with Crippen LogP contribution in [0.25, 0.3) is 0 Å². The van der Waals surface area contributed by atoms with Crippen molar-refractivity contribution in [2.75, 3.05) is 12.0 Å². The zero-order chi connectivity index (χ0) is 11.3. The summed E-state index contributed by atoms with van der Waals surface area (Å²) in [5.41, 5.74) is 4.64. The van der Waals surface area contributed by atoms with Crippen LogP contribution >= 0.6 is 0 Å². The van der Waals surface area contributed by atoms with E-state index in [1.165, 1.54) is 0 Å². The summed E-state index contributed by atoms with van der Waals surface area (Å²) in [4.78, 5) is 11.6. The van der Waals surface area contributed by atoms with E-state index < -0.39 is 0 Å². The summed E-state index contributed by atoms with van der Waals surface area (Å²) in [5.74, 6) is 4.97. The zero-order valence-electron chi connectivity index (χ0n) is 9.04. The first-order valence-electron chi connectivity index (χ1n) is 4.99. The second kappa shape index (κ2) is 5.36. The van der Waals surface area contributed by atoms with Crippen LogP contribution in [0.15, 0.2) is 18.2 Å². The van der Waals surface area contributed by atoms with Gasteiger partial charge in [0.1, 0.15) is 0 Å². The molecule has 0 fully saturated rings. The Morgan fingerprint density at radius 2 is 2.20 bits per heavy atom. The average Bonchev–Trinajstić information content (AvgIpc) is 2.28. The highest BCUT2D eigenvalue weighted by atomic mass is 16.5. The van der Waals surface area contributed by atoms with Gasteiger partial charge in [-0.05, 0) is 31.0 Å². The van der Waals surface area contributed by atoms with Crippen LogP contribution in [0.5, 0.6) is 0 Å². The lowest BCUT2D eigenvalue weighted by atomic mass is 10.1. The van der Waals surface area contributed by atoms with Crippen molar-refractivity contribution in [3.8, 4) is 0 Å². The van der Waals surface area contributed by atoms with Gasteiger partial charge in [0, 0.05) is 0 Å². The fourth-order valence-corrected chi connectivity index (χ4v) is 1.31. The van der Waals surface area contributed by atoms with E-state index in [9.17, 15) is 4.79 Å². The quantitative estimate of drug-likeness (QED) is 0.449. The number of nitrogen functional groups attached to an aromatic ring is 1. The van der Waals surface area contributed by atoms with Crippen molar-refractivity contribution in [1.29, 1.82) is 0 Å². The summed E-state index contributed by atoms with van der Waals surface area (Å²) in [6.07, 6.45) is 0.872. The highest BCUT2D eigenvalue weighted by Crippen LogP contribution is 2.18. The van der Waals surface area contributed by atoms with Crippen molar-refractivity contribution in [2.24, 2.45) is 5.84 Å². The lowest BCUT2D eigenvalue weighted by Crippen LogP contribution is -2.14. The Kier molecular flexibility index (Phi) is 4.12. The third kappa shape index (κ3) is 2.70. The number of carbonyl (C=O) groups is 1. The first kappa shape index (κ1) is 11.5. The number of esters is 1. The van der Waals surface area contributed by atoms with Crippen LogP contribution in [0.2, 0.25) is 0 Å². The SMILES string of the molecule is CCOC(=O)c1cc(CC)ccc1NN. The Labute approximate surface area is 89.4 Å². The molecule has 0 aliphatic heterocycles. The first-order valence-corrected chi connectivity index (χ1v) is 4.99. The second-order valence-electron chi connectivity index (χ2n) is 3.10. The molecule has 4 nitrogen and oxygen atoms in total. The van der Waals surface area contributed by atoms with E-state index >= 15 is 0 Å². The van der Waals surface area contributed by atoms with Crippen LogP contribution in [-0.4, -0.2) is 12.6 Å². The summed E-state index contributed by atoms with van der Waals surface area (Å²) >= 11 is 0. The second-order valence-corrected chi connectivity index (χ2v) is 3.10. The molecule has 1 aromatic carbocycles. The largest absolute Gasteiger partial charge is 0.462 e. The van der Waals surface area contributed by atoms with Gasteiger partial charge >= 0.3 is 5.97 Å². The summed E-state index contributed by atoms with van der Waals surface area (Å²) in [6, 6.07) is 5.51. The van der Waals surface area contributed by atoms with Gasteiger partial charge in [-0.25, -0.2) is 4.79 Å². The Balaban J connectivity index is 3.05. The molecule has 1 rings (SSSR count). The number of nitrogens with one attached hydrogen (secondary N) is 1. The summed E-state index contributed by atoms with van der Waals surface area (Å²) < 4.78 is 4.94. The van der Waals surface area contributed by atoms with E-state index in [-0.39, 0.29) is 5.97 Å². The molecule has 0 aliphatic carbocycles. The van der Waals surface area contributed by atoms with Gasteiger partial charge in [0.25, 0.3) is 0 Å². The van der Waals surface area contributed by atoms with Crippen LogP contribution in [0.3, 0.4) is 0 Å². The van der Waals surface area contributed by atoms with Gasteiger partial charge in [0.2, 0.25) is 0 Å². The van der Waals surface area contributed by atoms with Crippen molar-refractivity contribution in [1.82, 2.24) is 0 Å². The predicted molar refractivity (Wildman–Crippen MR) is 59.6 cm³/mol. The molecule has 0 amide bonds. The molecule has 3 N–H and O–H groups in total. The van der Waals surface area contributed by atoms with Crippen molar-refractivity contribution >= 4 is 11.7 Å². The molecular formula is C11H16N2O2. The van der Waals surface area contributed by atoms with Crippen LogP contribution in [-0.2, 0) is 11.2 Å². The fourth-order valence-electron chi connectivity index (χ4n) is 1.31. The molecule has 1 aromatic rings. The van der Waals surface area contributed by atoms with Gasteiger partial charge in [-0.1, -0.05) is 13.0 Å². The third-order valence-electron chi connectivity index (χ3n) is 2.14. The van der Waals surface area contributed by atoms with Gasteiger partial charge in [-0.2, -0.15) is 0 Å². The molecular weight excluding hydrogens is 192 g/mol. The molecule has 0 aliphatic rings. The van der Waals surface area contributed by atoms with Crippen molar-refractivity contribution in [2.45, 2.75) is 20.3 Å². The lowest BCUT2D eigenvalue weighted by Gasteiger charge is -2.09. The Morgan fingerprint density at radius 1 is 1.47 bits per heavy atom. The Hall–Kier alpha value is -1.55. The minimum Gasteiger partial charge on any atom is -0.462 e. The van der Waals surface area contributed by atoms with Crippen molar-refractivity contribution < 1.29 is 9.53 Å². The lowest BCUT2D eigenvalue weighted by molar-refractivity contribution is 0.0527. The van der Waals surface area contributed by atoms with Gasteiger partial charge < -0.3 is 10.2 Å². The summed E-state index contributed by atoms with van der Waals surface area (Å²) in [5, 5.41) is 0. The van der Waals surface area contributed by atoms with Crippen molar-refractivity contribution in [3.63, 3.8) is 0 Å². The molecule has 4 heteroatoms. The number of rotatable bonds is 4. The number of benzene rings is 1. The molecule has 0 atom stereocenters. The maximum Gasteiger partial charge on any atom is 0.340 e. The van der Waals surface area contributed by atoms with E-state index in [1.54, 1.807) is 19.1 Å². The molecule has 0 radical (unpaired) electrons. The standard InChI is InChI=1S/C11H16N2O2/c1-3-8-5-6-10(13-12)9(7-8)11(14)15-4-2/h5-7,13H,3-4,12H2,1-2H3. The van der Waals surface area contributed by atoms with Crippen LogP contribution in [0.4, 0.5) is 5.69 Å². The van der Waals surface area contributed by atoms with Gasteiger partial charge in [-0.15, -0.1) is 0 Å². The molecule has 0 saturated carbocycles. The van der Waals surface area contributed by atoms with Crippen LogP contribution in [0.1, 0.15) is 29.8 Å². The summed E-state index contributed by atoms with van der Waals surface area (Å²) in [6.45, 7) is 4.16. The van der Waals surface area contributed by atoms with E-state index in [1.807, 2.05) is 13.0 Å². The molecule has 0 heterocycles. The van der Waals surface area contributed by atoms with Gasteiger partial charge in [0.05, 0.1) is 17.9 Å². The van der Waals surface area contributed by atoms with Gasteiger partial charge in [-0.3, -0.25) is 5.84 Å². The third-order valence-corrected chi connectivity index (χ3v) is 2.14. The smallest absolute Gasteiger partial charge is 0.340 e. The number of nitrogens with two attached hydrogens (primary N) is 1. The minimum absolute atomic E-state index is 0.347. The molecule has 0 saturated heterocycles. The van der Waals surface area contributed by atoms with Crippen LogP contribution < -0.4 is 11.3 Å². The first-order chi connectivity index (χ1) is 7.22. The Morgan fingerprint density at radius 3 is 2.73 bits per heavy atom. The molecule has 15 heavy (non-hydrogen) atoms. The van der Waals surface area contributed by atoms with Gasteiger partial charge in [0.15, 0.2) is 0 Å². The minimum atomic E-state index is -0.347. The van der Waals surface area contributed by atoms with Crippen LogP contribution in [0, 0.1) is 0 Å². The molecule has 0 aromatic heterocycles. The highest BCUT2D eigenvalue weighted by molar-refractivity contribution is 5.95. The van der Waals surface area contributed by atoms with E-state index in [0.29, 0.717) is 17.9 Å². The number of aryl methyl sites for hydroxylation is 1. The van der Waals surface area contributed by atoms with E-state index in [0.717, 1.165) is 12.0 Å². The monoisotopic (exact) mass is 208 g/mol. The zero-order valence-corrected chi connectivity index (χ0v) is 9.04.